The summed E-state index contributed by atoms with van der Waals surface area (Å²) in [6, 6.07) is 0. The third-order valence-electron chi connectivity index (χ3n) is 3.17. The molecule has 0 aliphatic carbocycles. The Labute approximate surface area is 87.9 Å². The van der Waals surface area contributed by atoms with Gasteiger partial charge in [-0.05, 0) is 23.3 Å². The Morgan fingerprint density at radius 3 is 2.31 bits per heavy atom. The van der Waals surface area contributed by atoms with E-state index >= 15 is 0 Å². The molecular weight excluding hydrogens is 176 g/mol. The predicted molar refractivity (Wildman–Crippen MR) is 63.4 cm³/mol. The Hall–Kier alpha value is 0.350. The summed E-state index contributed by atoms with van der Waals surface area (Å²) in [6.07, 6.45) is 8.67. The molecule has 0 aromatic heterocycles. The van der Waals surface area contributed by atoms with E-state index in [1.165, 1.54) is 50.0 Å². The topological polar surface area (TPSA) is 0 Å². The van der Waals surface area contributed by atoms with Crippen LogP contribution in [0.3, 0.4) is 0 Å². The van der Waals surface area contributed by atoms with Gasteiger partial charge in [0, 0.05) is 0 Å². The standard InChI is InChI=1S/C12H24S/c1-3-5-6-8-11(7-4-2)12-9-13-10-12/h11-12H,3-10H2,1-2H3. The Bertz CT molecular complexity index is 118. The maximum absolute atomic E-state index is 2.33. The molecule has 0 aromatic rings. The number of thioether (sulfide) groups is 1. The van der Waals surface area contributed by atoms with Crippen LogP contribution in [0.2, 0.25) is 0 Å². The van der Waals surface area contributed by atoms with E-state index in [1.807, 2.05) is 0 Å². The highest BCUT2D eigenvalue weighted by atomic mass is 32.2. The van der Waals surface area contributed by atoms with E-state index in [9.17, 15) is 0 Å². The highest BCUT2D eigenvalue weighted by Gasteiger charge is 2.26. The van der Waals surface area contributed by atoms with Gasteiger partial charge in [0.1, 0.15) is 0 Å². The van der Waals surface area contributed by atoms with Gasteiger partial charge in [0.2, 0.25) is 0 Å². The molecule has 1 rings (SSSR count). The minimum Gasteiger partial charge on any atom is -0.161 e. The first-order valence-corrected chi connectivity index (χ1v) is 7.11. The normalized spacial score (nSPS) is 19.8. The van der Waals surface area contributed by atoms with Crippen LogP contribution in [0, 0.1) is 11.8 Å². The van der Waals surface area contributed by atoms with Crippen molar-refractivity contribution in [2.45, 2.75) is 52.4 Å². The molecule has 0 bridgehead atoms. The molecule has 1 unspecified atom stereocenters. The van der Waals surface area contributed by atoms with Crippen LogP contribution >= 0.6 is 11.8 Å². The highest BCUT2D eigenvalue weighted by molar-refractivity contribution is 8.00. The Morgan fingerprint density at radius 1 is 1.08 bits per heavy atom. The fourth-order valence-electron chi connectivity index (χ4n) is 2.17. The summed E-state index contributed by atoms with van der Waals surface area (Å²) in [4.78, 5) is 0. The second kappa shape index (κ2) is 6.75. The zero-order valence-electron chi connectivity index (χ0n) is 9.22. The van der Waals surface area contributed by atoms with Crippen LogP contribution in [0.15, 0.2) is 0 Å². The van der Waals surface area contributed by atoms with Crippen molar-refractivity contribution in [3.05, 3.63) is 0 Å². The largest absolute Gasteiger partial charge is 0.161 e. The maximum atomic E-state index is 2.33. The summed E-state index contributed by atoms with van der Waals surface area (Å²) in [5.41, 5.74) is 0. The van der Waals surface area contributed by atoms with Crippen molar-refractivity contribution >= 4 is 11.8 Å². The molecule has 0 amide bonds. The third kappa shape index (κ3) is 3.93. The van der Waals surface area contributed by atoms with Gasteiger partial charge in [-0.3, -0.25) is 0 Å². The van der Waals surface area contributed by atoms with Crippen LogP contribution in [0.25, 0.3) is 0 Å². The van der Waals surface area contributed by atoms with Gasteiger partial charge in [0.15, 0.2) is 0 Å². The molecule has 1 atom stereocenters. The van der Waals surface area contributed by atoms with E-state index in [1.54, 1.807) is 0 Å². The van der Waals surface area contributed by atoms with Crippen LogP contribution in [-0.2, 0) is 0 Å². The highest BCUT2D eigenvalue weighted by Crippen LogP contribution is 2.36. The second-order valence-electron chi connectivity index (χ2n) is 4.34. The van der Waals surface area contributed by atoms with E-state index in [4.69, 9.17) is 0 Å². The van der Waals surface area contributed by atoms with Crippen LogP contribution in [0.1, 0.15) is 52.4 Å². The van der Waals surface area contributed by atoms with Crippen molar-refractivity contribution < 1.29 is 0 Å². The molecule has 1 heteroatoms. The average Bonchev–Trinajstić information content (AvgIpc) is 2.02. The summed E-state index contributed by atoms with van der Waals surface area (Å²) >= 11 is 2.14. The van der Waals surface area contributed by atoms with E-state index in [0.29, 0.717) is 0 Å². The van der Waals surface area contributed by atoms with Crippen molar-refractivity contribution in [3.8, 4) is 0 Å². The number of rotatable bonds is 7. The molecule has 0 N–H and O–H groups in total. The van der Waals surface area contributed by atoms with Crippen molar-refractivity contribution in [1.82, 2.24) is 0 Å². The van der Waals surface area contributed by atoms with Crippen molar-refractivity contribution in [2.24, 2.45) is 11.8 Å². The molecule has 13 heavy (non-hydrogen) atoms. The molecule has 78 valence electrons. The number of hydrogen-bond acceptors (Lipinski definition) is 1. The molecule has 1 saturated heterocycles. The first-order valence-electron chi connectivity index (χ1n) is 5.96. The lowest BCUT2D eigenvalue weighted by molar-refractivity contribution is 0.320. The zero-order valence-corrected chi connectivity index (χ0v) is 10.0. The molecule has 0 nitrogen and oxygen atoms in total. The van der Waals surface area contributed by atoms with Crippen LogP contribution in [0.5, 0.6) is 0 Å². The van der Waals surface area contributed by atoms with Gasteiger partial charge in [0.25, 0.3) is 0 Å². The third-order valence-corrected chi connectivity index (χ3v) is 4.50. The molecule has 1 aliphatic rings. The molecule has 1 fully saturated rings. The van der Waals surface area contributed by atoms with Gasteiger partial charge in [-0.1, -0.05) is 52.4 Å². The van der Waals surface area contributed by atoms with Gasteiger partial charge in [-0.25, -0.2) is 0 Å². The SMILES string of the molecule is CCCCCC(CCC)C1CSC1. The zero-order chi connectivity index (χ0) is 9.52. The van der Waals surface area contributed by atoms with Crippen LogP contribution in [-0.4, -0.2) is 11.5 Å². The van der Waals surface area contributed by atoms with Crippen LogP contribution in [0.4, 0.5) is 0 Å². The Morgan fingerprint density at radius 2 is 1.85 bits per heavy atom. The van der Waals surface area contributed by atoms with E-state index in [0.717, 1.165) is 11.8 Å². The second-order valence-corrected chi connectivity index (χ2v) is 5.42. The Kier molecular flexibility index (Phi) is 5.93. The number of hydrogen-bond donors (Lipinski definition) is 0. The van der Waals surface area contributed by atoms with Crippen LogP contribution < -0.4 is 0 Å². The van der Waals surface area contributed by atoms with Gasteiger partial charge < -0.3 is 0 Å². The predicted octanol–water partition coefficient (Wildman–Crippen LogP) is 4.35. The molecule has 0 spiro atoms. The lowest BCUT2D eigenvalue weighted by Gasteiger charge is -2.33. The van der Waals surface area contributed by atoms with Crippen molar-refractivity contribution in [2.75, 3.05) is 11.5 Å². The van der Waals surface area contributed by atoms with Gasteiger partial charge in [-0.2, -0.15) is 11.8 Å². The molecule has 1 heterocycles. The lowest BCUT2D eigenvalue weighted by atomic mass is 9.86. The smallest absolute Gasteiger partial charge is 0.00285 e. The lowest BCUT2D eigenvalue weighted by Crippen LogP contribution is -2.27. The molecule has 0 radical (unpaired) electrons. The van der Waals surface area contributed by atoms with Gasteiger partial charge in [-0.15, -0.1) is 0 Å². The minimum absolute atomic E-state index is 1.07. The summed E-state index contributed by atoms with van der Waals surface area (Å²) < 4.78 is 0. The molecular formula is C12H24S. The van der Waals surface area contributed by atoms with Crippen molar-refractivity contribution in [1.29, 1.82) is 0 Å². The first-order chi connectivity index (χ1) is 6.38. The molecule has 0 saturated carbocycles. The first kappa shape index (κ1) is 11.4. The van der Waals surface area contributed by atoms with Gasteiger partial charge in [0.05, 0.1) is 0 Å². The summed E-state index contributed by atoms with van der Waals surface area (Å²) in [7, 11) is 0. The van der Waals surface area contributed by atoms with E-state index in [-0.39, 0.29) is 0 Å². The fraction of sp³-hybridized carbons (Fsp3) is 1.00. The Balaban J connectivity index is 2.12. The molecule has 0 aromatic carbocycles. The summed E-state index contributed by atoms with van der Waals surface area (Å²) in [5, 5.41) is 0. The quantitative estimate of drug-likeness (QED) is 0.551. The number of unbranched alkanes of at least 4 members (excludes halogenated alkanes) is 2. The summed E-state index contributed by atoms with van der Waals surface area (Å²) in [6.45, 7) is 4.63. The van der Waals surface area contributed by atoms with Gasteiger partial charge >= 0.3 is 0 Å². The average molecular weight is 200 g/mol. The fourth-order valence-corrected chi connectivity index (χ4v) is 3.22. The minimum atomic E-state index is 1.07. The van der Waals surface area contributed by atoms with Crippen molar-refractivity contribution in [3.63, 3.8) is 0 Å². The molecule has 1 aliphatic heterocycles. The monoisotopic (exact) mass is 200 g/mol. The maximum Gasteiger partial charge on any atom is -0.00285 e. The van der Waals surface area contributed by atoms with E-state index in [2.05, 4.69) is 25.6 Å². The summed E-state index contributed by atoms with van der Waals surface area (Å²) in [5.74, 6) is 5.06. The van der Waals surface area contributed by atoms with E-state index < -0.39 is 0 Å².